The van der Waals surface area contributed by atoms with Gasteiger partial charge in [0.2, 0.25) is 0 Å². The first-order chi connectivity index (χ1) is 12.0. The molecule has 0 amide bonds. The van der Waals surface area contributed by atoms with Gasteiger partial charge in [0, 0.05) is 0 Å². The number of benzene rings is 4. The molecule has 0 aliphatic carbocycles. The van der Waals surface area contributed by atoms with Crippen LogP contribution in [0.4, 0.5) is 0 Å². The molecule has 0 N–H and O–H groups in total. The van der Waals surface area contributed by atoms with Crippen molar-refractivity contribution in [1.29, 1.82) is 0 Å². The van der Waals surface area contributed by atoms with Crippen LogP contribution in [0.25, 0.3) is 21.5 Å². The van der Waals surface area contributed by atoms with Crippen molar-refractivity contribution in [3.63, 3.8) is 0 Å². The smallest absolute Gasteiger partial charge is 0.747 e. The Morgan fingerprint density at radius 2 is 1.00 bits per heavy atom. The maximum atomic E-state index is 12.0. The van der Waals surface area contributed by atoms with Gasteiger partial charge in [-0.15, -0.1) is 0 Å². The minimum Gasteiger partial charge on any atom is -0.747 e. The van der Waals surface area contributed by atoms with Crippen molar-refractivity contribution in [3.8, 4) is 0 Å². The maximum absolute atomic E-state index is 12.0. The fourth-order valence-electron chi connectivity index (χ4n) is 3.27. The summed E-state index contributed by atoms with van der Waals surface area (Å²) in [5.41, 5.74) is 0.980. The maximum Gasteiger partial charge on any atom is 1.00 e. The minimum atomic E-state index is -4.56. The Balaban J connectivity index is 0.00000196. The van der Waals surface area contributed by atoms with Gasteiger partial charge >= 0.3 is 29.6 Å². The first-order valence-corrected chi connectivity index (χ1v) is 9.42. The van der Waals surface area contributed by atoms with Crippen LogP contribution in [-0.4, -0.2) is 13.0 Å². The fraction of sp³-hybridized carbons (Fsp3) is 0.0476. The van der Waals surface area contributed by atoms with Crippen LogP contribution in [0.15, 0.2) is 84.9 Å². The predicted octanol–water partition coefficient (Wildman–Crippen LogP) is 1.63. The molecule has 0 heterocycles. The summed E-state index contributed by atoms with van der Waals surface area (Å²) < 4.78 is 36.1. The van der Waals surface area contributed by atoms with Crippen LogP contribution in [0.5, 0.6) is 0 Å². The second-order valence-corrected chi connectivity index (χ2v) is 7.54. The summed E-state index contributed by atoms with van der Waals surface area (Å²) in [5, 5.41) is 2.62. The van der Waals surface area contributed by atoms with Gasteiger partial charge in [0.05, 0.1) is 5.25 Å². The van der Waals surface area contributed by atoms with Crippen LogP contribution >= 0.6 is 0 Å². The molecule has 0 aliphatic rings. The summed E-state index contributed by atoms with van der Waals surface area (Å²) in [6, 6.07) is 26.1. The normalized spacial score (nSPS) is 11.6. The van der Waals surface area contributed by atoms with Gasteiger partial charge in [0.1, 0.15) is 10.1 Å². The average Bonchev–Trinajstić information content (AvgIpc) is 2.60. The largest absolute Gasteiger partial charge is 1.00 e. The Morgan fingerprint density at radius 1 is 0.615 bits per heavy atom. The Bertz CT molecular complexity index is 1110. The third kappa shape index (κ3) is 3.70. The van der Waals surface area contributed by atoms with Crippen LogP contribution in [0, 0.1) is 0 Å². The Labute approximate surface area is 174 Å². The van der Waals surface area contributed by atoms with Crippen LogP contribution in [0.3, 0.4) is 0 Å². The van der Waals surface area contributed by atoms with Crippen LogP contribution in [0.1, 0.15) is 16.4 Å². The summed E-state index contributed by atoms with van der Waals surface area (Å²) in [4.78, 5) is 0. The third-order valence-corrected chi connectivity index (χ3v) is 5.56. The van der Waals surface area contributed by atoms with E-state index in [0.717, 1.165) is 21.5 Å². The molecular weight excluding hydrogens is 355 g/mol. The minimum absolute atomic E-state index is 0. The molecule has 0 atom stereocenters. The standard InChI is InChI=1S/C21H16O3S.Na/c22-25(23,24)21(19-11-9-15-5-1-3-7-17(15)13-19)20-12-10-16-6-2-4-8-18(16)14-20;/h1-14,21H,(H,22,23,24);/q;+1/p-1. The monoisotopic (exact) mass is 370 g/mol. The van der Waals surface area contributed by atoms with E-state index in [1.54, 1.807) is 24.3 Å². The summed E-state index contributed by atoms with van der Waals surface area (Å²) >= 11 is 0. The zero-order chi connectivity index (χ0) is 17.4. The summed E-state index contributed by atoms with van der Waals surface area (Å²) in [6.45, 7) is 0. The first-order valence-electron chi connectivity index (χ1n) is 7.94. The number of fused-ring (bicyclic) bond motifs is 2. The van der Waals surface area contributed by atoms with E-state index < -0.39 is 15.4 Å². The number of rotatable bonds is 3. The van der Waals surface area contributed by atoms with Gasteiger partial charge in [-0.3, -0.25) is 0 Å². The molecule has 0 aromatic heterocycles. The quantitative estimate of drug-likeness (QED) is 0.407. The molecular formula is C21H15NaO3S. The van der Waals surface area contributed by atoms with Crippen molar-refractivity contribution in [2.45, 2.75) is 5.25 Å². The molecule has 0 saturated heterocycles. The number of hydrogen-bond acceptors (Lipinski definition) is 3. The molecule has 0 bridgehead atoms. The molecule has 26 heavy (non-hydrogen) atoms. The zero-order valence-corrected chi connectivity index (χ0v) is 17.1. The van der Waals surface area contributed by atoms with Crippen LogP contribution < -0.4 is 29.6 Å². The Hall–Kier alpha value is -1.69. The third-order valence-electron chi connectivity index (χ3n) is 4.44. The average molecular weight is 370 g/mol. The summed E-state index contributed by atoms with van der Waals surface area (Å²) in [5.74, 6) is 0. The summed E-state index contributed by atoms with van der Waals surface area (Å²) in [7, 11) is -4.56. The van der Waals surface area contributed by atoms with Gasteiger partial charge in [0.15, 0.2) is 0 Å². The van der Waals surface area contributed by atoms with E-state index in [-0.39, 0.29) is 29.6 Å². The second-order valence-electron chi connectivity index (χ2n) is 6.09. The molecule has 4 rings (SSSR count). The van der Waals surface area contributed by atoms with Crippen molar-refractivity contribution in [2.24, 2.45) is 0 Å². The van der Waals surface area contributed by atoms with E-state index in [1.165, 1.54) is 0 Å². The second kappa shape index (κ2) is 7.51. The van der Waals surface area contributed by atoms with Gasteiger partial charge in [0.25, 0.3) is 0 Å². The van der Waals surface area contributed by atoms with Crippen molar-refractivity contribution in [3.05, 3.63) is 96.1 Å². The van der Waals surface area contributed by atoms with E-state index >= 15 is 0 Å². The molecule has 124 valence electrons. The van der Waals surface area contributed by atoms with E-state index in [1.807, 2.05) is 60.7 Å². The van der Waals surface area contributed by atoms with Crippen molar-refractivity contribution in [2.75, 3.05) is 0 Å². The number of hydrogen-bond donors (Lipinski definition) is 0. The molecule has 0 radical (unpaired) electrons. The predicted molar refractivity (Wildman–Crippen MR) is 99.4 cm³/mol. The molecule has 4 aromatic carbocycles. The van der Waals surface area contributed by atoms with Crippen LogP contribution in [-0.2, 0) is 10.1 Å². The van der Waals surface area contributed by atoms with E-state index in [4.69, 9.17) is 0 Å². The zero-order valence-electron chi connectivity index (χ0n) is 14.3. The van der Waals surface area contributed by atoms with Crippen molar-refractivity contribution < 1.29 is 42.5 Å². The van der Waals surface area contributed by atoms with Gasteiger partial charge in [-0.1, -0.05) is 72.8 Å². The molecule has 0 saturated carbocycles. The molecule has 0 spiro atoms. The molecule has 0 unspecified atom stereocenters. The van der Waals surface area contributed by atoms with Crippen LogP contribution in [0.2, 0.25) is 0 Å². The van der Waals surface area contributed by atoms with Gasteiger partial charge < -0.3 is 4.55 Å². The molecule has 0 fully saturated rings. The first kappa shape index (κ1) is 19.1. The molecule has 3 nitrogen and oxygen atoms in total. The SMILES string of the molecule is O=S(=O)([O-])C(c1ccc2ccccc2c1)c1ccc2ccccc2c1.[Na+]. The molecule has 0 aliphatic heterocycles. The van der Waals surface area contributed by atoms with Crippen molar-refractivity contribution in [1.82, 2.24) is 0 Å². The van der Waals surface area contributed by atoms with Gasteiger partial charge in [-0.25, -0.2) is 8.42 Å². The molecule has 4 aromatic rings. The van der Waals surface area contributed by atoms with Gasteiger partial charge in [-0.2, -0.15) is 0 Å². The molecule has 5 heteroatoms. The topological polar surface area (TPSA) is 57.2 Å². The van der Waals surface area contributed by atoms with Crippen molar-refractivity contribution >= 4 is 31.7 Å². The van der Waals surface area contributed by atoms with Gasteiger partial charge in [-0.05, 0) is 44.8 Å². The fourth-order valence-corrected chi connectivity index (χ4v) is 4.23. The Morgan fingerprint density at radius 3 is 1.38 bits per heavy atom. The summed E-state index contributed by atoms with van der Waals surface area (Å²) in [6.07, 6.45) is 0. The van der Waals surface area contributed by atoms with E-state index in [9.17, 15) is 13.0 Å². The Kier molecular flexibility index (Phi) is 5.51. The van der Waals surface area contributed by atoms with E-state index in [0.29, 0.717) is 11.1 Å². The van der Waals surface area contributed by atoms with E-state index in [2.05, 4.69) is 0 Å².